The Balaban J connectivity index is 0.000000170. The first kappa shape index (κ1) is 18.8. The first-order chi connectivity index (χ1) is 12.4. The van der Waals surface area contributed by atoms with Crippen molar-refractivity contribution in [2.75, 3.05) is 13.2 Å². The molecule has 1 aliphatic carbocycles. The molecule has 2 aromatic heterocycles. The summed E-state index contributed by atoms with van der Waals surface area (Å²) in [7, 11) is 0. The normalized spacial score (nSPS) is 19.8. The fraction of sp³-hybridized carbons (Fsp3) is 0.632. The average Bonchev–Trinajstić information content (AvgIpc) is 3.12. The zero-order chi connectivity index (χ0) is 18.6. The van der Waals surface area contributed by atoms with Crippen molar-refractivity contribution in [2.45, 2.75) is 64.0 Å². The van der Waals surface area contributed by atoms with E-state index >= 15 is 0 Å². The van der Waals surface area contributed by atoms with Crippen molar-refractivity contribution in [2.24, 2.45) is 5.73 Å². The van der Waals surface area contributed by atoms with E-state index in [1.807, 2.05) is 19.9 Å². The molecule has 0 radical (unpaired) electrons. The molecule has 7 nitrogen and oxygen atoms in total. The number of nitrogens with zero attached hydrogens (tertiary/aromatic N) is 3. The van der Waals surface area contributed by atoms with Crippen LogP contribution in [-0.4, -0.2) is 34.4 Å². The molecule has 1 saturated heterocycles. The first-order valence-electron chi connectivity index (χ1n) is 9.22. The van der Waals surface area contributed by atoms with E-state index in [9.17, 15) is 0 Å². The van der Waals surface area contributed by atoms with Crippen molar-refractivity contribution in [1.29, 1.82) is 0 Å². The summed E-state index contributed by atoms with van der Waals surface area (Å²) in [5.74, 6) is 2.60. The van der Waals surface area contributed by atoms with E-state index in [0.29, 0.717) is 24.2 Å². The number of aromatic nitrogens is 3. The summed E-state index contributed by atoms with van der Waals surface area (Å²) in [5.41, 5.74) is 6.46. The van der Waals surface area contributed by atoms with Crippen molar-refractivity contribution < 1.29 is 14.0 Å². The Bertz CT molecular complexity index is 701. The van der Waals surface area contributed by atoms with Crippen LogP contribution < -0.4 is 10.5 Å². The van der Waals surface area contributed by atoms with Crippen molar-refractivity contribution in [3.63, 3.8) is 0 Å². The molecule has 0 amide bonds. The summed E-state index contributed by atoms with van der Waals surface area (Å²) in [4.78, 5) is 8.30. The molecule has 142 valence electrons. The van der Waals surface area contributed by atoms with Crippen LogP contribution in [0.2, 0.25) is 0 Å². The quantitative estimate of drug-likeness (QED) is 0.875. The number of rotatable bonds is 5. The van der Waals surface area contributed by atoms with Gasteiger partial charge in [0.1, 0.15) is 6.61 Å². The lowest BCUT2D eigenvalue weighted by Gasteiger charge is -2.13. The van der Waals surface area contributed by atoms with Gasteiger partial charge in [0.05, 0.1) is 11.6 Å². The SMILES string of the molecule is Cc1nc(C(C)(C)N)no1.c1cnc(OCC2CCCO2)c(C2CC2)c1. The molecular weight excluding hydrogens is 332 g/mol. The van der Waals surface area contributed by atoms with E-state index in [2.05, 4.69) is 21.2 Å². The van der Waals surface area contributed by atoms with E-state index in [1.54, 1.807) is 13.1 Å². The summed E-state index contributed by atoms with van der Waals surface area (Å²) >= 11 is 0. The lowest BCUT2D eigenvalue weighted by molar-refractivity contribution is 0.0659. The topological polar surface area (TPSA) is 96.3 Å². The maximum absolute atomic E-state index is 5.79. The summed E-state index contributed by atoms with van der Waals surface area (Å²) < 4.78 is 16.1. The number of pyridine rings is 1. The van der Waals surface area contributed by atoms with Crippen LogP contribution in [0.15, 0.2) is 22.9 Å². The number of hydrogen-bond donors (Lipinski definition) is 1. The van der Waals surface area contributed by atoms with Crippen LogP contribution in [0.1, 0.15) is 62.7 Å². The highest BCUT2D eigenvalue weighted by Crippen LogP contribution is 2.43. The third kappa shape index (κ3) is 5.25. The molecule has 3 heterocycles. The largest absolute Gasteiger partial charge is 0.475 e. The Morgan fingerprint density at radius 2 is 2.12 bits per heavy atom. The Morgan fingerprint density at radius 1 is 1.31 bits per heavy atom. The van der Waals surface area contributed by atoms with Crippen LogP contribution in [0.25, 0.3) is 0 Å². The van der Waals surface area contributed by atoms with Crippen LogP contribution in [0.4, 0.5) is 0 Å². The third-order valence-corrected chi connectivity index (χ3v) is 4.35. The van der Waals surface area contributed by atoms with Crippen molar-refractivity contribution in [1.82, 2.24) is 15.1 Å². The molecule has 26 heavy (non-hydrogen) atoms. The molecule has 2 fully saturated rings. The minimum atomic E-state index is -0.502. The molecule has 1 aliphatic heterocycles. The van der Waals surface area contributed by atoms with Gasteiger partial charge in [-0.2, -0.15) is 4.98 Å². The smallest absolute Gasteiger partial charge is 0.223 e. The van der Waals surface area contributed by atoms with Crippen molar-refractivity contribution >= 4 is 0 Å². The second kappa shape index (κ2) is 8.14. The summed E-state index contributed by atoms with van der Waals surface area (Å²) in [6.07, 6.45) is 6.91. The maximum Gasteiger partial charge on any atom is 0.223 e. The van der Waals surface area contributed by atoms with Gasteiger partial charge in [-0.25, -0.2) is 4.98 Å². The minimum Gasteiger partial charge on any atom is -0.475 e. The average molecular weight is 360 g/mol. The number of nitrogens with two attached hydrogens (primary N) is 1. The Hall–Kier alpha value is -1.99. The molecule has 2 aliphatic rings. The van der Waals surface area contributed by atoms with Gasteiger partial charge in [0, 0.05) is 25.3 Å². The standard InChI is InChI=1S/C13H17NO2.C6H11N3O/c1-4-12(10-5-6-10)13(14-7-1)16-9-11-3-2-8-15-11;1-4-8-5(9-10-4)6(2,3)7/h1,4,7,10-11H,2-3,5-6,8-9H2;7H2,1-3H3. The van der Waals surface area contributed by atoms with Crippen molar-refractivity contribution in [3.8, 4) is 5.88 Å². The molecule has 1 saturated carbocycles. The predicted octanol–water partition coefficient (Wildman–Crippen LogP) is 3.09. The first-order valence-corrected chi connectivity index (χ1v) is 9.22. The van der Waals surface area contributed by atoms with Crippen LogP contribution in [0, 0.1) is 6.92 Å². The molecule has 1 unspecified atom stereocenters. The second-order valence-electron chi connectivity index (χ2n) is 7.48. The Labute approximate surface area is 154 Å². The molecular formula is C19H28N4O3. The summed E-state index contributed by atoms with van der Waals surface area (Å²) in [6, 6.07) is 4.13. The van der Waals surface area contributed by atoms with Crippen molar-refractivity contribution in [3.05, 3.63) is 35.6 Å². The molecule has 0 spiro atoms. The van der Waals surface area contributed by atoms with Gasteiger partial charge in [-0.3, -0.25) is 0 Å². The van der Waals surface area contributed by atoms with E-state index in [0.717, 1.165) is 25.3 Å². The monoisotopic (exact) mass is 360 g/mol. The van der Waals surface area contributed by atoms with Gasteiger partial charge in [-0.1, -0.05) is 11.2 Å². The molecule has 1 atom stereocenters. The number of ether oxygens (including phenoxy) is 2. The van der Waals surface area contributed by atoms with Crippen LogP contribution in [0.3, 0.4) is 0 Å². The van der Waals surface area contributed by atoms with Gasteiger partial charge in [0.2, 0.25) is 11.8 Å². The Morgan fingerprint density at radius 3 is 2.65 bits per heavy atom. The van der Waals surface area contributed by atoms with E-state index < -0.39 is 5.54 Å². The molecule has 0 aromatic carbocycles. The van der Waals surface area contributed by atoms with Gasteiger partial charge in [-0.05, 0) is 51.5 Å². The lowest BCUT2D eigenvalue weighted by atomic mass is 10.1. The fourth-order valence-corrected chi connectivity index (χ4v) is 2.74. The summed E-state index contributed by atoms with van der Waals surface area (Å²) in [6.45, 7) is 6.93. The van der Waals surface area contributed by atoms with E-state index in [-0.39, 0.29) is 6.10 Å². The highest BCUT2D eigenvalue weighted by Gasteiger charge is 2.27. The predicted molar refractivity (Wildman–Crippen MR) is 96.9 cm³/mol. The third-order valence-electron chi connectivity index (χ3n) is 4.35. The molecule has 2 N–H and O–H groups in total. The Kier molecular flexibility index (Phi) is 5.88. The van der Waals surface area contributed by atoms with Gasteiger partial charge >= 0.3 is 0 Å². The molecule has 2 aromatic rings. The zero-order valence-electron chi connectivity index (χ0n) is 15.8. The van der Waals surface area contributed by atoms with Gasteiger partial charge < -0.3 is 19.7 Å². The minimum absolute atomic E-state index is 0.272. The number of aryl methyl sites for hydroxylation is 1. The van der Waals surface area contributed by atoms with E-state index in [1.165, 1.54) is 18.4 Å². The van der Waals surface area contributed by atoms with Crippen LogP contribution in [-0.2, 0) is 10.3 Å². The second-order valence-corrected chi connectivity index (χ2v) is 7.48. The lowest BCUT2D eigenvalue weighted by Crippen LogP contribution is -2.30. The van der Waals surface area contributed by atoms with Gasteiger partial charge in [0.15, 0.2) is 5.82 Å². The maximum atomic E-state index is 5.79. The number of hydrogen-bond acceptors (Lipinski definition) is 7. The summed E-state index contributed by atoms with van der Waals surface area (Å²) in [5, 5.41) is 3.68. The molecule has 4 rings (SSSR count). The zero-order valence-corrected chi connectivity index (χ0v) is 15.8. The van der Waals surface area contributed by atoms with Crippen LogP contribution in [0.5, 0.6) is 5.88 Å². The highest BCUT2D eigenvalue weighted by molar-refractivity contribution is 5.32. The van der Waals surface area contributed by atoms with Crippen LogP contribution >= 0.6 is 0 Å². The fourth-order valence-electron chi connectivity index (χ4n) is 2.74. The molecule has 7 heteroatoms. The van der Waals surface area contributed by atoms with Gasteiger partial charge in [0.25, 0.3) is 0 Å². The van der Waals surface area contributed by atoms with E-state index in [4.69, 9.17) is 19.7 Å². The highest BCUT2D eigenvalue weighted by atomic mass is 16.5. The molecule has 0 bridgehead atoms. The van der Waals surface area contributed by atoms with Gasteiger partial charge in [-0.15, -0.1) is 0 Å².